The Labute approximate surface area is 225 Å². The van der Waals surface area contributed by atoms with Crippen molar-refractivity contribution >= 4 is 28.0 Å². The van der Waals surface area contributed by atoms with Crippen molar-refractivity contribution in [3.63, 3.8) is 0 Å². The Hall–Kier alpha value is -4.16. The van der Waals surface area contributed by atoms with Gasteiger partial charge in [0.1, 0.15) is 12.4 Å². The van der Waals surface area contributed by atoms with Crippen LogP contribution in [0.25, 0.3) is 22.0 Å². The fourth-order valence-electron chi connectivity index (χ4n) is 4.39. The Kier molecular flexibility index (Phi) is 9.11. The monoisotopic (exact) mass is 508 g/mol. The van der Waals surface area contributed by atoms with E-state index in [0.717, 1.165) is 34.2 Å². The number of nitrogens with zero attached hydrogens (tertiary/aromatic N) is 2. The molecule has 1 unspecified atom stereocenters. The molecular weight excluding hydrogens is 472 g/mol. The SMILES string of the molecule is CC/C(=C(/c1ccc(OCCNC(C)/C=C/C(=O)N(C)C)cc1)c1ccc2[nH]ncc2c1)c1ccccc1. The van der Waals surface area contributed by atoms with E-state index in [2.05, 4.69) is 83.1 Å². The molecule has 2 N–H and O–H groups in total. The second kappa shape index (κ2) is 12.9. The van der Waals surface area contributed by atoms with E-state index >= 15 is 0 Å². The van der Waals surface area contributed by atoms with E-state index in [1.807, 2.05) is 31.3 Å². The molecule has 1 heterocycles. The van der Waals surface area contributed by atoms with Crippen LogP contribution in [0.1, 0.15) is 37.0 Å². The molecule has 6 nitrogen and oxygen atoms in total. The van der Waals surface area contributed by atoms with E-state index in [1.165, 1.54) is 16.7 Å². The number of aromatic amines is 1. The summed E-state index contributed by atoms with van der Waals surface area (Å²) in [5.74, 6) is 0.801. The molecule has 3 aromatic carbocycles. The van der Waals surface area contributed by atoms with Gasteiger partial charge in [-0.2, -0.15) is 5.10 Å². The minimum absolute atomic E-state index is 0.0217. The van der Waals surface area contributed by atoms with E-state index in [9.17, 15) is 4.79 Å². The van der Waals surface area contributed by atoms with E-state index in [0.29, 0.717) is 13.2 Å². The second-order valence-corrected chi connectivity index (χ2v) is 9.45. The summed E-state index contributed by atoms with van der Waals surface area (Å²) in [6.45, 7) is 5.42. The van der Waals surface area contributed by atoms with Crippen molar-refractivity contribution in [2.45, 2.75) is 26.3 Å². The van der Waals surface area contributed by atoms with Gasteiger partial charge < -0.3 is 15.0 Å². The lowest BCUT2D eigenvalue weighted by Crippen LogP contribution is -2.29. The molecule has 4 aromatic rings. The first-order chi connectivity index (χ1) is 18.5. The highest BCUT2D eigenvalue weighted by Gasteiger charge is 2.14. The van der Waals surface area contributed by atoms with Crippen LogP contribution in [0.2, 0.25) is 0 Å². The maximum Gasteiger partial charge on any atom is 0.245 e. The maximum atomic E-state index is 11.7. The molecule has 1 atom stereocenters. The van der Waals surface area contributed by atoms with Crippen molar-refractivity contribution in [2.24, 2.45) is 0 Å². The van der Waals surface area contributed by atoms with Gasteiger partial charge in [0.2, 0.25) is 5.91 Å². The number of rotatable bonds is 11. The van der Waals surface area contributed by atoms with Gasteiger partial charge in [0.25, 0.3) is 0 Å². The molecule has 0 aliphatic heterocycles. The van der Waals surface area contributed by atoms with Crippen LogP contribution < -0.4 is 10.1 Å². The number of nitrogens with one attached hydrogen (secondary N) is 2. The fraction of sp³-hybridized carbons (Fsp3) is 0.250. The highest BCUT2D eigenvalue weighted by atomic mass is 16.5. The van der Waals surface area contributed by atoms with Gasteiger partial charge in [0.15, 0.2) is 0 Å². The van der Waals surface area contributed by atoms with Crippen molar-refractivity contribution in [2.75, 3.05) is 27.2 Å². The van der Waals surface area contributed by atoms with E-state index < -0.39 is 0 Å². The van der Waals surface area contributed by atoms with Crippen LogP contribution in [0.5, 0.6) is 5.75 Å². The van der Waals surface area contributed by atoms with Gasteiger partial charge in [-0.15, -0.1) is 0 Å². The molecule has 6 heteroatoms. The van der Waals surface area contributed by atoms with E-state index in [1.54, 1.807) is 25.1 Å². The molecule has 0 bridgehead atoms. The number of carbonyl (C=O) groups excluding carboxylic acids is 1. The smallest absolute Gasteiger partial charge is 0.245 e. The van der Waals surface area contributed by atoms with Crippen molar-refractivity contribution in [3.8, 4) is 5.75 Å². The predicted molar refractivity (Wildman–Crippen MR) is 156 cm³/mol. The van der Waals surface area contributed by atoms with Crippen LogP contribution in [0.3, 0.4) is 0 Å². The van der Waals surface area contributed by atoms with Crippen molar-refractivity contribution in [1.82, 2.24) is 20.4 Å². The van der Waals surface area contributed by atoms with Crippen LogP contribution in [-0.2, 0) is 4.79 Å². The summed E-state index contributed by atoms with van der Waals surface area (Å²) in [5.41, 5.74) is 7.05. The van der Waals surface area contributed by atoms with Crippen LogP contribution in [0.15, 0.2) is 91.1 Å². The third-order valence-corrected chi connectivity index (χ3v) is 6.45. The number of fused-ring (bicyclic) bond motifs is 1. The maximum absolute atomic E-state index is 11.7. The summed E-state index contributed by atoms with van der Waals surface area (Å²) in [6, 6.07) is 25.4. The normalized spacial score (nSPS) is 12.9. The molecule has 0 saturated heterocycles. The van der Waals surface area contributed by atoms with Gasteiger partial charge in [-0.25, -0.2) is 0 Å². The molecule has 0 fully saturated rings. The molecular formula is C32H36N4O2. The summed E-state index contributed by atoms with van der Waals surface area (Å²) in [5, 5.41) is 11.7. The number of likely N-dealkylation sites (N-methyl/N-ethyl adjacent to an activating group) is 1. The first kappa shape index (κ1) is 26.9. The zero-order chi connectivity index (χ0) is 26.9. The van der Waals surface area contributed by atoms with Crippen molar-refractivity contribution < 1.29 is 9.53 Å². The molecule has 1 amide bonds. The zero-order valence-corrected chi connectivity index (χ0v) is 22.6. The number of ether oxygens (including phenoxy) is 1. The van der Waals surface area contributed by atoms with Gasteiger partial charge in [0, 0.05) is 38.1 Å². The van der Waals surface area contributed by atoms with E-state index in [-0.39, 0.29) is 11.9 Å². The van der Waals surface area contributed by atoms with Crippen molar-refractivity contribution in [1.29, 1.82) is 0 Å². The molecule has 0 aliphatic carbocycles. The number of hydrogen-bond acceptors (Lipinski definition) is 4. The Morgan fingerprint density at radius 3 is 2.47 bits per heavy atom. The van der Waals surface area contributed by atoms with Gasteiger partial charge in [0.05, 0.1) is 11.7 Å². The Morgan fingerprint density at radius 2 is 1.76 bits per heavy atom. The van der Waals surface area contributed by atoms with Gasteiger partial charge in [-0.05, 0) is 65.4 Å². The minimum atomic E-state index is -0.0217. The van der Waals surface area contributed by atoms with Gasteiger partial charge >= 0.3 is 0 Å². The Bertz CT molecular complexity index is 1400. The molecule has 4 rings (SSSR count). The molecule has 0 aliphatic rings. The average Bonchev–Trinajstić information content (AvgIpc) is 3.41. The lowest BCUT2D eigenvalue weighted by atomic mass is 9.88. The number of allylic oxidation sites excluding steroid dienone is 1. The Morgan fingerprint density at radius 1 is 1.03 bits per heavy atom. The highest BCUT2D eigenvalue weighted by molar-refractivity contribution is 6.00. The fourth-order valence-corrected chi connectivity index (χ4v) is 4.39. The third-order valence-electron chi connectivity index (χ3n) is 6.45. The topological polar surface area (TPSA) is 70.2 Å². The van der Waals surface area contributed by atoms with Crippen molar-refractivity contribution in [3.05, 3.63) is 108 Å². The number of amides is 1. The van der Waals surface area contributed by atoms with Gasteiger partial charge in [-0.1, -0.05) is 61.5 Å². The summed E-state index contributed by atoms with van der Waals surface area (Å²) in [6.07, 6.45) is 6.22. The molecule has 38 heavy (non-hydrogen) atoms. The van der Waals surface area contributed by atoms with Crippen LogP contribution in [0.4, 0.5) is 0 Å². The summed E-state index contributed by atoms with van der Waals surface area (Å²) >= 11 is 0. The van der Waals surface area contributed by atoms with Gasteiger partial charge in [-0.3, -0.25) is 9.89 Å². The summed E-state index contributed by atoms with van der Waals surface area (Å²) in [4.78, 5) is 13.2. The van der Waals surface area contributed by atoms with Crippen LogP contribution >= 0.6 is 0 Å². The molecule has 0 saturated carbocycles. The molecule has 0 spiro atoms. The molecule has 1 aromatic heterocycles. The highest BCUT2D eigenvalue weighted by Crippen LogP contribution is 2.36. The first-order valence-corrected chi connectivity index (χ1v) is 13.0. The zero-order valence-electron chi connectivity index (χ0n) is 22.6. The van der Waals surface area contributed by atoms with Crippen LogP contribution in [-0.4, -0.2) is 54.3 Å². The first-order valence-electron chi connectivity index (χ1n) is 13.0. The number of aromatic nitrogens is 2. The number of H-pyrrole nitrogens is 1. The second-order valence-electron chi connectivity index (χ2n) is 9.45. The number of benzene rings is 3. The summed E-state index contributed by atoms with van der Waals surface area (Å²) < 4.78 is 5.99. The number of carbonyl (C=O) groups is 1. The lowest BCUT2D eigenvalue weighted by molar-refractivity contribution is -0.123. The summed E-state index contributed by atoms with van der Waals surface area (Å²) in [7, 11) is 3.48. The average molecular weight is 509 g/mol. The minimum Gasteiger partial charge on any atom is -0.492 e. The molecule has 0 radical (unpaired) electrons. The number of hydrogen-bond donors (Lipinski definition) is 2. The predicted octanol–water partition coefficient (Wildman–Crippen LogP) is 5.93. The lowest BCUT2D eigenvalue weighted by Gasteiger charge is -2.17. The third kappa shape index (κ3) is 6.78. The van der Waals surface area contributed by atoms with Crippen LogP contribution in [0, 0.1) is 0 Å². The molecule has 196 valence electrons. The quantitative estimate of drug-likeness (QED) is 0.150. The van der Waals surface area contributed by atoms with E-state index in [4.69, 9.17) is 4.74 Å². The standard InChI is InChI=1S/C32H36N4O2/c1-5-29(24-9-7-6-8-10-24)32(26-14-17-30-27(21-26)22-34-35-30)25-12-15-28(16-13-25)38-20-19-33-23(2)11-18-31(37)36(3)4/h6-18,21-23,33H,5,19-20H2,1-4H3,(H,34,35)/b18-11+,32-29+. The largest absolute Gasteiger partial charge is 0.492 e. The Balaban J connectivity index is 1.51.